The summed E-state index contributed by atoms with van der Waals surface area (Å²) in [6, 6.07) is 2.16. The molecule has 3 rings (SSSR count). The van der Waals surface area contributed by atoms with E-state index in [0.717, 1.165) is 29.5 Å². The maximum absolute atomic E-state index is 4.67. The summed E-state index contributed by atoms with van der Waals surface area (Å²) in [7, 11) is 0. The van der Waals surface area contributed by atoms with Crippen molar-refractivity contribution in [3.63, 3.8) is 0 Å². The molecule has 1 fully saturated rings. The lowest BCUT2D eigenvalue weighted by molar-refractivity contribution is 0.518. The zero-order chi connectivity index (χ0) is 14.9. The maximum atomic E-state index is 4.67. The van der Waals surface area contributed by atoms with E-state index in [9.17, 15) is 0 Å². The second kappa shape index (κ2) is 5.66. The first-order chi connectivity index (χ1) is 10.0. The van der Waals surface area contributed by atoms with Crippen LogP contribution in [0.3, 0.4) is 0 Å². The van der Waals surface area contributed by atoms with E-state index in [-0.39, 0.29) is 5.41 Å². The molecule has 0 bridgehead atoms. The first kappa shape index (κ1) is 14.4. The molecule has 2 heterocycles. The minimum Gasteiger partial charge on any atom is -0.368 e. The van der Waals surface area contributed by atoms with Gasteiger partial charge >= 0.3 is 0 Å². The highest BCUT2D eigenvalue weighted by molar-refractivity contribution is 5.68. The molecule has 1 aliphatic rings. The molecular weight excluding hydrogens is 260 g/mol. The second-order valence-corrected chi connectivity index (χ2v) is 7.25. The largest absolute Gasteiger partial charge is 0.368 e. The number of rotatable bonds is 4. The van der Waals surface area contributed by atoms with Crippen LogP contribution < -0.4 is 5.32 Å². The molecule has 2 aromatic heterocycles. The average Bonchev–Trinajstić information content (AvgIpc) is 3.06. The fourth-order valence-electron chi connectivity index (χ4n) is 3.12. The number of nitrogens with one attached hydrogen (secondary N) is 1. The lowest BCUT2D eigenvalue weighted by atomic mass is 9.92. The van der Waals surface area contributed by atoms with Crippen molar-refractivity contribution in [2.45, 2.75) is 58.3 Å². The molecule has 1 N–H and O–H groups in total. The summed E-state index contributed by atoms with van der Waals surface area (Å²) in [5.74, 6) is 1.87. The molecule has 4 nitrogen and oxygen atoms in total. The van der Waals surface area contributed by atoms with Gasteiger partial charge in [-0.15, -0.1) is 0 Å². The molecule has 0 saturated heterocycles. The Morgan fingerprint density at radius 1 is 1.29 bits per heavy atom. The van der Waals surface area contributed by atoms with E-state index < -0.39 is 0 Å². The Bertz CT molecular complexity index is 603. The van der Waals surface area contributed by atoms with Gasteiger partial charge in [0.15, 0.2) is 5.82 Å². The van der Waals surface area contributed by atoms with Gasteiger partial charge in [0.1, 0.15) is 5.52 Å². The minimum absolute atomic E-state index is 0.0626. The maximum Gasteiger partial charge on any atom is 0.152 e. The lowest BCUT2D eigenvalue weighted by Gasteiger charge is -2.13. The monoisotopic (exact) mass is 286 g/mol. The molecule has 21 heavy (non-hydrogen) atoms. The lowest BCUT2D eigenvalue weighted by Crippen LogP contribution is -2.11. The van der Waals surface area contributed by atoms with E-state index in [0.29, 0.717) is 0 Å². The van der Waals surface area contributed by atoms with Gasteiger partial charge < -0.3 is 5.32 Å². The summed E-state index contributed by atoms with van der Waals surface area (Å²) in [4.78, 5) is 4.49. The molecule has 1 aliphatic carbocycles. The topological polar surface area (TPSA) is 42.2 Å². The van der Waals surface area contributed by atoms with Crippen LogP contribution >= 0.6 is 0 Å². The second-order valence-electron chi connectivity index (χ2n) is 7.25. The third-order valence-corrected chi connectivity index (χ3v) is 4.48. The van der Waals surface area contributed by atoms with Crippen molar-refractivity contribution < 1.29 is 0 Å². The zero-order valence-corrected chi connectivity index (χ0v) is 13.4. The van der Waals surface area contributed by atoms with Crippen molar-refractivity contribution in [3.8, 4) is 0 Å². The van der Waals surface area contributed by atoms with Crippen LogP contribution in [0, 0.1) is 5.92 Å². The molecule has 0 unspecified atom stereocenters. The van der Waals surface area contributed by atoms with Crippen molar-refractivity contribution in [2.24, 2.45) is 5.92 Å². The highest BCUT2D eigenvalue weighted by Crippen LogP contribution is 2.28. The SMILES string of the molecule is CC(C)(C)c1cc2c(NCCC3CCCC3)nccn2n1. The highest BCUT2D eigenvalue weighted by atomic mass is 15.2. The molecule has 114 valence electrons. The summed E-state index contributed by atoms with van der Waals surface area (Å²) in [6.07, 6.45) is 10.6. The van der Waals surface area contributed by atoms with Gasteiger partial charge in [-0.25, -0.2) is 9.50 Å². The standard InChI is InChI=1S/C17H26N4/c1-17(2,3)15-12-14-16(19-10-11-21(14)20-15)18-9-8-13-6-4-5-7-13/h10-13H,4-9H2,1-3H3,(H,18,19). The first-order valence-corrected chi connectivity index (χ1v) is 8.13. The van der Waals surface area contributed by atoms with E-state index in [1.807, 2.05) is 16.9 Å². The van der Waals surface area contributed by atoms with Gasteiger partial charge in [0.25, 0.3) is 0 Å². The highest BCUT2D eigenvalue weighted by Gasteiger charge is 2.19. The van der Waals surface area contributed by atoms with Gasteiger partial charge in [0.05, 0.1) is 5.69 Å². The van der Waals surface area contributed by atoms with E-state index in [4.69, 9.17) is 0 Å². The molecule has 1 saturated carbocycles. The zero-order valence-electron chi connectivity index (χ0n) is 13.4. The Balaban J connectivity index is 1.73. The normalized spacial score (nSPS) is 16.7. The Morgan fingerprint density at radius 3 is 2.76 bits per heavy atom. The molecule has 4 heteroatoms. The predicted molar refractivity (Wildman–Crippen MR) is 86.8 cm³/mol. The molecule has 2 aromatic rings. The third kappa shape index (κ3) is 3.20. The molecule has 0 radical (unpaired) electrons. The summed E-state index contributed by atoms with van der Waals surface area (Å²) in [6.45, 7) is 7.58. The Kier molecular flexibility index (Phi) is 3.87. The molecule has 0 spiro atoms. The van der Waals surface area contributed by atoms with Gasteiger partial charge in [-0.2, -0.15) is 5.10 Å². The summed E-state index contributed by atoms with van der Waals surface area (Å²) in [5, 5.41) is 8.17. The summed E-state index contributed by atoms with van der Waals surface area (Å²) >= 11 is 0. The van der Waals surface area contributed by atoms with Crippen molar-refractivity contribution >= 4 is 11.3 Å². The number of hydrogen-bond acceptors (Lipinski definition) is 3. The van der Waals surface area contributed by atoms with E-state index in [1.54, 1.807) is 0 Å². The summed E-state index contributed by atoms with van der Waals surface area (Å²) < 4.78 is 1.94. The average molecular weight is 286 g/mol. The van der Waals surface area contributed by atoms with Crippen LogP contribution in [0.25, 0.3) is 5.52 Å². The smallest absolute Gasteiger partial charge is 0.152 e. The van der Waals surface area contributed by atoms with Crippen molar-refractivity contribution in [3.05, 3.63) is 24.2 Å². The van der Waals surface area contributed by atoms with Crippen LogP contribution in [0.1, 0.15) is 58.6 Å². The Morgan fingerprint density at radius 2 is 2.05 bits per heavy atom. The molecule has 0 aromatic carbocycles. The number of hydrogen-bond donors (Lipinski definition) is 1. The number of fused-ring (bicyclic) bond motifs is 1. The van der Waals surface area contributed by atoms with Crippen LogP contribution in [0.5, 0.6) is 0 Å². The van der Waals surface area contributed by atoms with Gasteiger partial charge in [-0.05, 0) is 18.4 Å². The molecule has 0 atom stereocenters. The third-order valence-electron chi connectivity index (χ3n) is 4.48. The van der Waals surface area contributed by atoms with E-state index in [2.05, 4.69) is 42.2 Å². The van der Waals surface area contributed by atoms with Crippen molar-refractivity contribution in [1.82, 2.24) is 14.6 Å². The Hall–Kier alpha value is -1.58. The number of aromatic nitrogens is 3. The van der Waals surface area contributed by atoms with Crippen molar-refractivity contribution in [1.29, 1.82) is 0 Å². The molecular formula is C17H26N4. The van der Waals surface area contributed by atoms with Crippen LogP contribution in [0.4, 0.5) is 5.82 Å². The molecule has 0 aliphatic heterocycles. The number of anilines is 1. The molecule has 0 amide bonds. The van der Waals surface area contributed by atoms with E-state index in [1.165, 1.54) is 32.1 Å². The fourth-order valence-corrected chi connectivity index (χ4v) is 3.12. The number of nitrogens with zero attached hydrogens (tertiary/aromatic N) is 3. The van der Waals surface area contributed by atoms with Crippen molar-refractivity contribution in [2.75, 3.05) is 11.9 Å². The first-order valence-electron chi connectivity index (χ1n) is 8.13. The van der Waals surface area contributed by atoms with Crippen LogP contribution in [-0.2, 0) is 5.41 Å². The van der Waals surface area contributed by atoms with Gasteiger partial charge in [0.2, 0.25) is 0 Å². The minimum atomic E-state index is 0.0626. The predicted octanol–water partition coefficient (Wildman–Crippen LogP) is 4.02. The van der Waals surface area contributed by atoms with Crippen LogP contribution in [0.2, 0.25) is 0 Å². The van der Waals surface area contributed by atoms with Gasteiger partial charge in [-0.3, -0.25) is 0 Å². The Labute approximate surface area is 127 Å². The van der Waals surface area contributed by atoms with E-state index >= 15 is 0 Å². The van der Waals surface area contributed by atoms with Gasteiger partial charge in [0, 0.05) is 24.4 Å². The van der Waals surface area contributed by atoms with Crippen LogP contribution in [0.15, 0.2) is 18.5 Å². The quantitative estimate of drug-likeness (QED) is 0.923. The fraction of sp³-hybridized carbons (Fsp3) is 0.647. The van der Waals surface area contributed by atoms with Crippen LogP contribution in [-0.4, -0.2) is 21.1 Å². The van der Waals surface area contributed by atoms with Gasteiger partial charge in [-0.1, -0.05) is 46.5 Å². The summed E-state index contributed by atoms with van der Waals surface area (Å²) in [5.41, 5.74) is 2.25.